The highest BCUT2D eigenvalue weighted by Gasteiger charge is 2.22. The lowest BCUT2D eigenvalue weighted by atomic mass is 9.84. The lowest BCUT2D eigenvalue weighted by Gasteiger charge is -2.28. The van der Waals surface area contributed by atoms with Crippen LogP contribution in [0.15, 0.2) is 43.0 Å². The minimum atomic E-state index is -0.00352. The molecule has 25 heavy (non-hydrogen) atoms. The van der Waals surface area contributed by atoms with Gasteiger partial charge in [-0.2, -0.15) is 0 Å². The number of amides is 1. The Morgan fingerprint density at radius 3 is 2.88 bits per heavy atom. The third kappa shape index (κ3) is 4.69. The van der Waals surface area contributed by atoms with E-state index in [1.165, 1.54) is 12.8 Å². The highest BCUT2D eigenvalue weighted by molar-refractivity contribution is 5.76. The molecule has 2 heterocycles. The zero-order chi connectivity index (χ0) is 17.6. The highest BCUT2D eigenvalue weighted by atomic mass is 16.1. The molecule has 1 saturated heterocycles. The average Bonchev–Trinajstić information content (AvgIpc) is 3.17. The molecule has 2 unspecified atom stereocenters. The minimum Gasteiger partial charge on any atom is -0.350 e. The summed E-state index contributed by atoms with van der Waals surface area (Å²) in [5.41, 5.74) is 2.16. The van der Waals surface area contributed by atoms with E-state index in [0.29, 0.717) is 18.3 Å². The van der Waals surface area contributed by atoms with Crippen molar-refractivity contribution in [3.63, 3.8) is 0 Å². The van der Waals surface area contributed by atoms with Gasteiger partial charge in [0.05, 0.1) is 12.4 Å². The standard InChI is InChI=1S/C20H28N4O/c1-15(17-6-8-21-9-7-17)12-20(25)23-16(2)18-4-3-5-19(13-18)24-11-10-22-14-24/h3-5,10-11,13-17,21H,6-9,12H2,1-2H3,(H,23,25). The summed E-state index contributed by atoms with van der Waals surface area (Å²) in [6.07, 6.45) is 8.43. The van der Waals surface area contributed by atoms with E-state index in [1.807, 2.05) is 29.8 Å². The molecule has 5 heteroatoms. The first-order valence-corrected chi connectivity index (χ1v) is 9.22. The number of aromatic nitrogens is 2. The molecule has 1 aliphatic rings. The molecule has 2 atom stereocenters. The van der Waals surface area contributed by atoms with Crippen molar-refractivity contribution in [3.05, 3.63) is 48.5 Å². The van der Waals surface area contributed by atoms with Crippen LogP contribution >= 0.6 is 0 Å². The van der Waals surface area contributed by atoms with E-state index in [2.05, 4.69) is 34.7 Å². The Bertz CT molecular complexity index is 677. The summed E-state index contributed by atoms with van der Waals surface area (Å²) >= 11 is 0. The maximum Gasteiger partial charge on any atom is 0.220 e. The number of piperidine rings is 1. The van der Waals surface area contributed by atoms with Crippen LogP contribution in [0.4, 0.5) is 0 Å². The Hall–Kier alpha value is -2.14. The van der Waals surface area contributed by atoms with Gasteiger partial charge in [-0.1, -0.05) is 19.1 Å². The Morgan fingerprint density at radius 1 is 1.36 bits per heavy atom. The monoisotopic (exact) mass is 340 g/mol. The molecule has 3 rings (SSSR count). The molecular weight excluding hydrogens is 312 g/mol. The fourth-order valence-electron chi connectivity index (χ4n) is 3.62. The molecule has 0 spiro atoms. The summed E-state index contributed by atoms with van der Waals surface area (Å²) < 4.78 is 1.97. The average molecular weight is 340 g/mol. The second kappa shape index (κ2) is 8.30. The summed E-state index contributed by atoms with van der Waals surface area (Å²) in [4.78, 5) is 16.5. The van der Waals surface area contributed by atoms with Gasteiger partial charge in [-0.3, -0.25) is 4.79 Å². The van der Waals surface area contributed by atoms with Gasteiger partial charge in [-0.15, -0.1) is 0 Å². The van der Waals surface area contributed by atoms with Gasteiger partial charge in [-0.25, -0.2) is 4.98 Å². The molecule has 1 aromatic heterocycles. The maximum absolute atomic E-state index is 12.5. The van der Waals surface area contributed by atoms with Crippen LogP contribution in [0.2, 0.25) is 0 Å². The van der Waals surface area contributed by atoms with Gasteiger partial charge in [0.25, 0.3) is 0 Å². The highest BCUT2D eigenvalue weighted by Crippen LogP contribution is 2.25. The lowest BCUT2D eigenvalue weighted by molar-refractivity contribution is -0.123. The van der Waals surface area contributed by atoms with Gasteiger partial charge < -0.3 is 15.2 Å². The van der Waals surface area contributed by atoms with E-state index in [1.54, 1.807) is 12.5 Å². The van der Waals surface area contributed by atoms with E-state index < -0.39 is 0 Å². The van der Waals surface area contributed by atoms with Crippen LogP contribution in [0.1, 0.15) is 44.7 Å². The van der Waals surface area contributed by atoms with Crippen LogP contribution in [-0.4, -0.2) is 28.5 Å². The van der Waals surface area contributed by atoms with Crippen molar-refractivity contribution in [1.29, 1.82) is 0 Å². The molecule has 1 fully saturated rings. The van der Waals surface area contributed by atoms with E-state index in [9.17, 15) is 4.79 Å². The van der Waals surface area contributed by atoms with E-state index in [0.717, 1.165) is 24.3 Å². The molecule has 0 aliphatic carbocycles. The molecule has 1 aromatic carbocycles. The molecule has 0 saturated carbocycles. The van der Waals surface area contributed by atoms with Crippen molar-refractivity contribution < 1.29 is 4.79 Å². The zero-order valence-electron chi connectivity index (χ0n) is 15.1. The van der Waals surface area contributed by atoms with Crippen LogP contribution in [-0.2, 0) is 4.79 Å². The van der Waals surface area contributed by atoms with Crippen LogP contribution in [0, 0.1) is 11.8 Å². The van der Waals surface area contributed by atoms with Gasteiger partial charge in [-0.05, 0) is 62.4 Å². The second-order valence-electron chi connectivity index (χ2n) is 7.12. The van der Waals surface area contributed by atoms with E-state index in [4.69, 9.17) is 0 Å². The van der Waals surface area contributed by atoms with Crippen molar-refractivity contribution in [2.75, 3.05) is 13.1 Å². The molecule has 134 valence electrons. The van der Waals surface area contributed by atoms with Gasteiger partial charge >= 0.3 is 0 Å². The number of imidazole rings is 1. The van der Waals surface area contributed by atoms with Crippen molar-refractivity contribution in [1.82, 2.24) is 20.2 Å². The zero-order valence-corrected chi connectivity index (χ0v) is 15.1. The molecule has 0 bridgehead atoms. The van der Waals surface area contributed by atoms with E-state index in [-0.39, 0.29) is 11.9 Å². The Kier molecular flexibility index (Phi) is 5.87. The number of hydrogen-bond donors (Lipinski definition) is 2. The first kappa shape index (κ1) is 17.7. The molecule has 2 N–H and O–H groups in total. The third-order valence-electron chi connectivity index (χ3n) is 5.25. The maximum atomic E-state index is 12.5. The normalized spacial score (nSPS) is 17.8. The minimum absolute atomic E-state index is 0.00352. The SMILES string of the molecule is CC(NC(=O)CC(C)C1CCNCC1)c1cccc(-n2ccnc2)c1. The Balaban J connectivity index is 1.57. The van der Waals surface area contributed by atoms with Crippen LogP contribution in [0.5, 0.6) is 0 Å². The predicted molar refractivity (Wildman–Crippen MR) is 99.5 cm³/mol. The summed E-state index contributed by atoms with van der Waals surface area (Å²) in [6, 6.07) is 8.21. The van der Waals surface area contributed by atoms with E-state index >= 15 is 0 Å². The first-order valence-electron chi connectivity index (χ1n) is 9.22. The van der Waals surface area contributed by atoms with Crippen LogP contribution in [0.3, 0.4) is 0 Å². The van der Waals surface area contributed by atoms with Crippen LogP contribution < -0.4 is 10.6 Å². The first-order chi connectivity index (χ1) is 12.1. The molecule has 1 amide bonds. The van der Waals surface area contributed by atoms with Gasteiger partial charge in [0.1, 0.15) is 0 Å². The quantitative estimate of drug-likeness (QED) is 0.850. The van der Waals surface area contributed by atoms with Crippen LogP contribution in [0.25, 0.3) is 5.69 Å². The van der Waals surface area contributed by atoms with Crippen molar-refractivity contribution in [3.8, 4) is 5.69 Å². The van der Waals surface area contributed by atoms with Crippen molar-refractivity contribution >= 4 is 5.91 Å². The number of carbonyl (C=O) groups is 1. The molecule has 5 nitrogen and oxygen atoms in total. The molecule has 1 aliphatic heterocycles. The fraction of sp³-hybridized carbons (Fsp3) is 0.500. The molecule has 0 radical (unpaired) electrons. The number of benzene rings is 1. The Morgan fingerprint density at radius 2 is 2.16 bits per heavy atom. The Labute approximate surface area is 149 Å². The number of rotatable bonds is 6. The van der Waals surface area contributed by atoms with Gasteiger partial charge in [0.15, 0.2) is 0 Å². The summed E-state index contributed by atoms with van der Waals surface area (Å²) in [7, 11) is 0. The van der Waals surface area contributed by atoms with Gasteiger partial charge in [0, 0.05) is 24.5 Å². The smallest absolute Gasteiger partial charge is 0.220 e. The predicted octanol–water partition coefficient (Wildman–Crippen LogP) is 3.08. The molecule has 2 aromatic rings. The van der Waals surface area contributed by atoms with Crippen molar-refractivity contribution in [2.24, 2.45) is 11.8 Å². The lowest BCUT2D eigenvalue weighted by Crippen LogP contribution is -2.34. The third-order valence-corrected chi connectivity index (χ3v) is 5.25. The number of nitrogens with zero attached hydrogens (tertiary/aromatic N) is 2. The summed E-state index contributed by atoms with van der Waals surface area (Å²) in [6.45, 7) is 6.40. The number of hydrogen-bond acceptors (Lipinski definition) is 3. The summed E-state index contributed by atoms with van der Waals surface area (Å²) in [5, 5.41) is 6.55. The van der Waals surface area contributed by atoms with Gasteiger partial charge in [0.2, 0.25) is 5.91 Å². The fourth-order valence-corrected chi connectivity index (χ4v) is 3.62. The second-order valence-corrected chi connectivity index (χ2v) is 7.12. The number of carbonyl (C=O) groups excluding carboxylic acids is 1. The topological polar surface area (TPSA) is 59.0 Å². The molecular formula is C20H28N4O. The number of nitrogens with one attached hydrogen (secondary N) is 2. The summed E-state index contributed by atoms with van der Waals surface area (Å²) in [5.74, 6) is 1.24. The largest absolute Gasteiger partial charge is 0.350 e. The van der Waals surface area contributed by atoms with Crippen molar-refractivity contribution in [2.45, 2.75) is 39.2 Å².